The molecule has 0 saturated carbocycles. The van der Waals surface area contributed by atoms with Crippen LogP contribution in [0.4, 0.5) is 5.95 Å². The van der Waals surface area contributed by atoms with Crippen LogP contribution in [0.2, 0.25) is 0 Å². The second kappa shape index (κ2) is 4.27. The molecule has 0 aliphatic carbocycles. The number of benzene rings is 1. The van der Waals surface area contributed by atoms with Gasteiger partial charge in [0.25, 0.3) is 0 Å². The summed E-state index contributed by atoms with van der Waals surface area (Å²) in [5.74, 6) is 2.03. The first kappa shape index (κ1) is 11.5. The second-order valence-electron chi connectivity index (χ2n) is 4.27. The standard InChI is InChI=1S/C12H14N6O/c1-17-7-14-16-11(17)6-18-10-4-3-8(19-2)5-9(10)15-12(18)13/h3-5,7H,6H2,1-2H3,(H2,13,15). The molecule has 98 valence electrons. The van der Waals surface area contributed by atoms with E-state index in [1.807, 2.05) is 34.4 Å². The Kier molecular flexibility index (Phi) is 2.59. The predicted octanol–water partition coefficient (Wildman–Crippen LogP) is 0.804. The van der Waals surface area contributed by atoms with Gasteiger partial charge < -0.3 is 19.6 Å². The molecule has 0 aliphatic rings. The molecule has 0 fully saturated rings. The smallest absolute Gasteiger partial charge is 0.201 e. The third kappa shape index (κ3) is 1.88. The summed E-state index contributed by atoms with van der Waals surface area (Å²) in [6, 6.07) is 5.68. The molecule has 2 N–H and O–H groups in total. The fourth-order valence-electron chi connectivity index (χ4n) is 2.01. The minimum atomic E-state index is 0.450. The van der Waals surface area contributed by atoms with Gasteiger partial charge in [0.2, 0.25) is 5.95 Å². The molecule has 0 unspecified atom stereocenters. The van der Waals surface area contributed by atoms with Gasteiger partial charge in [0.1, 0.15) is 12.1 Å². The molecule has 0 spiro atoms. The van der Waals surface area contributed by atoms with Crippen LogP contribution in [0.1, 0.15) is 5.82 Å². The topological polar surface area (TPSA) is 83.8 Å². The number of anilines is 1. The SMILES string of the molecule is COc1ccc2c(c1)nc(N)n2Cc1nncn1C. The van der Waals surface area contributed by atoms with Crippen molar-refractivity contribution in [3.63, 3.8) is 0 Å². The Labute approximate surface area is 109 Å². The van der Waals surface area contributed by atoms with Gasteiger partial charge in [-0.2, -0.15) is 0 Å². The highest BCUT2D eigenvalue weighted by Crippen LogP contribution is 2.23. The van der Waals surface area contributed by atoms with Gasteiger partial charge in [-0.15, -0.1) is 10.2 Å². The quantitative estimate of drug-likeness (QED) is 0.751. The molecule has 3 aromatic rings. The van der Waals surface area contributed by atoms with Crippen molar-refractivity contribution in [3.8, 4) is 5.75 Å². The first-order chi connectivity index (χ1) is 9.19. The van der Waals surface area contributed by atoms with E-state index in [1.54, 1.807) is 13.4 Å². The lowest BCUT2D eigenvalue weighted by Gasteiger charge is -2.06. The molecule has 0 bridgehead atoms. The molecule has 0 saturated heterocycles. The molecule has 2 aromatic heterocycles. The Morgan fingerprint density at radius 1 is 1.37 bits per heavy atom. The van der Waals surface area contributed by atoms with Crippen molar-refractivity contribution in [2.45, 2.75) is 6.54 Å². The normalized spacial score (nSPS) is 11.1. The molecule has 7 heteroatoms. The number of nitrogens with zero attached hydrogens (tertiary/aromatic N) is 5. The summed E-state index contributed by atoms with van der Waals surface area (Å²) >= 11 is 0. The summed E-state index contributed by atoms with van der Waals surface area (Å²) < 4.78 is 8.94. The van der Waals surface area contributed by atoms with Crippen LogP contribution < -0.4 is 10.5 Å². The van der Waals surface area contributed by atoms with Gasteiger partial charge in [-0.05, 0) is 12.1 Å². The summed E-state index contributed by atoms with van der Waals surface area (Å²) in [6.07, 6.45) is 1.66. The van der Waals surface area contributed by atoms with Crippen LogP contribution in [-0.4, -0.2) is 31.4 Å². The van der Waals surface area contributed by atoms with Crippen LogP contribution in [0, 0.1) is 0 Å². The summed E-state index contributed by atoms with van der Waals surface area (Å²) in [5.41, 5.74) is 7.72. The lowest BCUT2D eigenvalue weighted by atomic mass is 10.3. The molecule has 1 aromatic carbocycles. The number of nitrogen functional groups attached to an aromatic ring is 1. The van der Waals surface area contributed by atoms with Crippen molar-refractivity contribution >= 4 is 17.0 Å². The highest BCUT2D eigenvalue weighted by atomic mass is 16.5. The Morgan fingerprint density at radius 2 is 2.21 bits per heavy atom. The number of nitrogens with two attached hydrogens (primary N) is 1. The fraction of sp³-hybridized carbons (Fsp3) is 0.250. The maximum atomic E-state index is 5.97. The summed E-state index contributed by atoms with van der Waals surface area (Å²) in [7, 11) is 3.52. The molecule has 7 nitrogen and oxygen atoms in total. The van der Waals surface area contributed by atoms with E-state index in [4.69, 9.17) is 10.5 Å². The van der Waals surface area contributed by atoms with Crippen molar-refractivity contribution in [1.29, 1.82) is 0 Å². The minimum Gasteiger partial charge on any atom is -0.497 e. The first-order valence-electron chi connectivity index (χ1n) is 5.81. The van der Waals surface area contributed by atoms with Crippen LogP contribution in [-0.2, 0) is 13.6 Å². The number of hydrogen-bond donors (Lipinski definition) is 1. The number of aryl methyl sites for hydroxylation is 1. The van der Waals surface area contributed by atoms with Crippen molar-refractivity contribution < 1.29 is 4.74 Å². The van der Waals surface area contributed by atoms with E-state index in [0.29, 0.717) is 12.5 Å². The van der Waals surface area contributed by atoms with E-state index in [2.05, 4.69) is 15.2 Å². The zero-order valence-electron chi connectivity index (χ0n) is 10.7. The third-order valence-corrected chi connectivity index (χ3v) is 3.09. The molecule has 0 atom stereocenters. The molecule has 19 heavy (non-hydrogen) atoms. The Bertz CT molecular complexity index is 729. The van der Waals surface area contributed by atoms with Gasteiger partial charge >= 0.3 is 0 Å². The number of fused-ring (bicyclic) bond motifs is 1. The highest BCUT2D eigenvalue weighted by molar-refractivity contribution is 5.80. The average molecular weight is 258 g/mol. The number of imidazole rings is 1. The van der Waals surface area contributed by atoms with E-state index in [1.165, 1.54) is 0 Å². The van der Waals surface area contributed by atoms with Crippen LogP contribution in [0.5, 0.6) is 5.75 Å². The molecule has 0 amide bonds. The zero-order chi connectivity index (χ0) is 13.4. The van der Waals surface area contributed by atoms with E-state index in [9.17, 15) is 0 Å². The number of rotatable bonds is 3. The maximum absolute atomic E-state index is 5.97. The average Bonchev–Trinajstić information content (AvgIpc) is 2.94. The first-order valence-corrected chi connectivity index (χ1v) is 5.81. The monoisotopic (exact) mass is 258 g/mol. The van der Waals surface area contributed by atoms with Gasteiger partial charge in [-0.3, -0.25) is 0 Å². The van der Waals surface area contributed by atoms with E-state index in [-0.39, 0.29) is 0 Å². The van der Waals surface area contributed by atoms with Crippen molar-refractivity contribution in [3.05, 3.63) is 30.4 Å². The third-order valence-electron chi connectivity index (χ3n) is 3.09. The van der Waals surface area contributed by atoms with Crippen LogP contribution in [0.3, 0.4) is 0 Å². The summed E-state index contributed by atoms with van der Waals surface area (Å²) in [5, 5.41) is 7.91. The van der Waals surface area contributed by atoms with Gasteiger partial charge in [0, 0.05) is 13.1 Å². The summed E-state index contributed by atoms with van der Waals surface area (Å²) in [4.78, 5) is 4.34. The summed E-state index contributed by atoms with van der Waals surface area (Å²) in [6.45, 7) is 0.533. The largest absolute Gasteiger partial charge is 0.497 e. The van der Waals surface area contributed by atoms with Gasteiger partial charge in [-0.25, -0.2) is 4.98 Å². The molecule has 2 heterocycles. The minimum absolute atomic E-state index is 0.450. The molecule has 3 rings (SSSR count). The number of methoxy groups -OCH3 is 1. The number of hydrogen-bond acceptors (Lipinski definition) is 5. The van der Waals surface area contributed by atoms with Gasteiger partial charge in [0.05, 0.1) is 24.7 Å². The highest BCUT2D eigenvalue weighted by Gasteiger charge is 2.11. The Hall–Kier alpha value is -2.57. The maximum Gasteiger partial charge on any atom is 0.201 e. The van der Waals surface area contributed by atoms with E-state index < -0.39 is 0 Å². The van der Waals surface area contributed by atoms with Crippen LogP contribution >= 0.6 is 0 Å². The van der Waals surface area contributed by atoms with Gasteiger partial charge in [0.15, 0.2) is 5.82 Å². The Balaban J connectivity index is 2.08. The Morgan fingerprint density at radius 3 is 2.89 bits per heavy atom. The fourth-order valence-corrected chi connectivity index (χ4v) is 2.01. The van der Waals surface area contributed by atoms with Crippen LogP contribution in [0.25, 0.3) is 11.0 Å². The molecule has 0 aliphatic heterocycles. The molecule has 0 radical (unpaired) electrons. The molecular formula is C12H14N6O. The van der Waals surface area contributed by atoms with Gasteiger partial charge in [-0.1, -0.05) is 0 Å². The number of ether oxygens (including phenoxy) is 1. The predicted molar refractivity (Wildman–Crippen MR) is 70.8 cm³/mol. The molecular weight excluding hydrogens is 244 g/mol. The van der Waals surface area contributed by atoms with Crippen molar-refractivity contribution in [2.24, 2.45) is 7.05 Å². The second-order valence-corrected chi connectivity index (χ2v) is 4.27. The van der Waals surface area contributed by atoms with Crippen LogP contribution in [0.15, 0.2) is 24.5 Å². The van der Waals surface area contributed by atoms with Crippen molar-refractivity contribution in [1.82, 2.24) is 24.3 Å². The zero-order valence-corrected chi connectivity index (χ0v) is 10.7. The lowest BCUT2D eigenvalue weighted by molar-refractivity contribution is 0.415. The van der Waals surface area contributed by atoms with Crippen molar-refractivity contribution in [2.75, 3.05) is 12.8 Å². The lowest BCUT2D eigenvalue weighted by Crippen LogP contribution is -2.08. The van der Waals surface area contributed by atoms with E-state index >= 15 is 0 Å². The number of aromatic nitrogens is 5. The van der Waals surface area contributed by atoms with E-state index in [0.717, 1.165) is 22.6 Å².